The summed E-state index contributed by atoms with van der Waals surface area (Å²) in [5.74, 6) is 0.0189. The molecule has 0 spiro atoms. The minimum atomic E-state index is -3.61. The number of Topliss-reactive ketones (excluding diaryl/α,β-unsaturated/α-hetero) is 1. The molecule has 1 aliphatic rings. The number of ketones is 1. The molecule has 2 aromatic rings. The fourth-order valence-corrected chi connectivity index (χ4v) is 4.33. The highest BCUT2D eigenvalue weighted by Crippen LogP contribution is 2.23. The van der Waals surface area contributed by atoms with E-state index in [9.17, 15) is 13.2 Å². The van der Waals surface area contributed by atoms with Crippen LogP contribution in [0.4, 0.5) is 0 Å². The molecule has 1 saturated heterocycles. The topological polar surface area (TPSA) is 54.5 Å². The van der Waals surface area contributed by atoms with Crippen LogP contribution >= 0.6 is 0 Å². The normalized spacial score (nSPS) is 18.3. The van der Waals surface area contributed by atoms with Crippen LogP contribution in [-0.4, -0.2) is 31.6 Å². The van der Waals surface area contributed by atoms with Gasteiger partial charge in [0, 0.05) is 25.1 Å². The third-order valence-electron chi connectivity index (χ3n) is 4.32. The summed E-state index contributed by atoms with van der Waals surface area (Å²) in [6, 6.07) is 16.3. The Bertz CT molecular complexity index is 884. The van der Waals surface area contributed by atoms with Crippen LogP contribution in [0.15, 0.2) is 65.1 Å². The van der Waals surface area contributed by atoms with Crippen molar-refractivity contribution >= 4 is 21.9 Å². The van der Waals surface area contributed by atoms with Gasteiger partial charge in [0.2, 0.25) is 10.0 Å². The van der Waals surface area contributed by atoms with Crippen LogP contribution in [-0.2, 0) is 14.8 Å². The number of carbonyl (C=O) groups is 1. The van der Waals surface area contributed by atoms with Crippen LogP contribution in [0.3, 0.4) is 0 Å². The molecule has 0 radical (unpaired) electrons. The van der Waals surface area contributed by atoms with Gasteiger partial charge in [-0.2, -0.15) is 4.31 Å². The van der Waals surface area contributed by atoms with Gasteiger partial charge in [-0.3, -0.25) is 4.79 Å². The number of hydrogen-bond acceptors (Lipinski definition) is 3. The van der Waals surface area contributed by atoms with Crippen LogP contribution in [0.1, 0.15) is 24.0 Å². The molecule has 3 rings (SSSR count). The summed E-state index contributed by atoms with van der Waals surface area (Å²) in [4.78, 5) is 12.7. The highest BCUT2D eigenvalue weighted by Gasteiger charge is 2.29. The van der Waals surface area contributed by atoms with Crippen molar-refractivity contribution in [1.82, 2.24) is 4.31 Å². The Hall–Kier alpha value is -2.24. The summed E-state index contributed by atoms with van der Waals surface area (Å²) >= 11 is 0. The quantitative estimate of drug-likeness (QED) is 0.793. The van der Waals surface area contributed by atoms with Crippen molar-refractivity contribution in [3.8, 4) is 0 Å². The molecule has 0 saturated carbocycles. The first-order valence-corrected chi connectivity index (χ1v) is 9.76. The van der Waals surface area contributed by atoms with Crippen LogP contribution < -0.4 is 0 Å². The van der Waals surface area contributed by atoms with Gasteiger partial charge in [-0.25, -0.2) is 8.42 Å². The van der Waals surface area contributed by atoms with E-state index in [1.165, 1.54) is 4.31 Å². The fourth-order valence-electron chi connectivity index (χ4n) is 2.87. The van der Waals surface area contributed by atoms with Gasteiger partial charge in [-0.05, 0) is 37.1 Å². The molecule has 0 aromatic heterocycles. The molecule has 4 nitrogen and oxygen atoms in total. The predicted octanol–water partition coefficient (Wildman–Crippen LogP) is 3.43. The van der Waals surface area contributed by atoms with E-state index in [-0.39, 0.29) is 17.2 Å². The van der Waals surface area contributed by atoms with Crippen LogP contribution in [0.2, 0.25) is 0 Å². The smallest absolute Gasteiger partial charge is 0.243 e. The minimum Gasteiger partial charge on any atom is -0.295 e. The van der Waals surface area contributed by atoms with Crippen molar-refractivity contribution in [3.63, 3.8) is 0 Å². The standard InChI is InChI=1S/C20H21NO3S/c1-16-9-11-19(12-10-16)25(23,24)21-13-5-8-20(22)18(15-21)14-17-6-3-2-4-7-17/h2-4,6-7,9-12,14H,5,8,13,15H2,1H3/b18-14+. The zero-order valence-corrected chi connectivity index (χ0v) is 15.0. The van der Waals surface area contributed by atoms with Gasteiger partial charge in [0.1, 0.15) is 0 Å². The van der Waals surface area contributed by atoms with Crippen molar-refractivity contribution in [3.05, 3.63) is 71.3 Å². The van der Waals surface area contributed by atoms with Gasteiger partial charge >= 0.3 is 0 Å². The lowest BCUT2D eigenvalue weighted by molar-refractivity contribution is -0.115. The van der Waals surface area contributed by atoms with Crippen molar-refractivity contribution in [1.29, 1.82) is 0 Å². The van der Waals surface area contributed by atoms with E-state index >= 15 is 0 Å². The molecule has 1 fully saturated rings. The number of nitrogens with zero attached hydrogens (tertiary/aromatic N) is 1. The third-order valence-corrected chi connectivity index (χ3v) is 6.17. The molecule has 5 heteroatoms. The molecule has 25 heavy (non-hydrogen) atoms. The van der Waals surface area contributed by atoms with Crippen LogP contribution in [0.25, 0.3) is 6.08 Å². The zero-order chi connectivity index (χ0) is 17.9. The van der Waals surface area contributed by atoms with Gasteiger partial charge in [0.15, 0.2) is 5.78 Å². The first-order valence-electron chi connectivity index (χ1n) is 8.32. The number of sulfonamides is 1. The summed E-state index contributed by atoms with van der Waals surface area (Å²) in [5, 5.41) is 0. The van der Waals surface area contributed by atoms with Crippen molar-refractivity contribution in [2.24, 2.45) is 0 Å². The highest BCUT2D eigenvalue weighted by molar-refractivity contribution is 7.89. The largest absolute Gasteiger partial charge is 0.295 e. The number of hydrogen-bond donors (Lipinski definition) is 0. The van der Waals surface area contributed by atoms with Gasteiger partial charge < -0.3 is 0 Å². The molecule has 2 aromatic carbocycles. The predicted molar refractivity (Wildman–Crippen MR) is 98.6 cm³/mol. The summed E-state index contributed by atoms with van der Waals surface area (Å²) in [7, 11) is -3.61. The lowest BCUT2D eigenvalue weighted by Gasteiger charge is -2.20. The maximum Gasteiger partial charge on any atom is 0.243 e. The SMILES string of the molecule is Cc1ccc(S(=O)(=O)N2CCCC(=O)/C(=C/c3ccccc3)C2)cc1. The molecular formula is C20H21NO3S. The van der Waals surface area contributed by atoms with E-state index in [0.29, 0.717) is 25.0 Å². The van der Waals surface area contributed by atoms with E-state index < -0.39 is 10.0 Å². The lowest BCUT2D eigenvalue weighted by Crippen LogP contribution is -2.33. The van der Waals surface area contributed by atoms with Gasteiger partial charge in [0.25, 0.3) is 0 Å². The van der Waals surface area contributed by atoms with Gasteiger partial charge in [-0.15, -0.1) is 0 Å². The average Bonchev–Trinajstić information content (AvgIpc) is 2.79. The maximum atomic E-state index is 12.9. The first-order chi connectivity index (χ1) is 12.0. The molecule has 0 bridgehead atoms. The minimum absolute atomic E-state index is 0.0189. The van der Waals surface area contributed by atoms with Crippen molar-refractivity contribution in [2.45, 2.75) is 24.7 Å². The molecule has 0 aliphatic carbocycles. The Kier molecular flexibility index (Phi) is 5.16. The second-order valence-electron chi connectivity index (χ2n) is 6.26. The van der Waals surface area contributed by atoms with Crippen LogP contribution in [0.5, 0.6) is 0 Å². The summed E-state index contributed by atoms with van der Waals surface area (Å²) in [6.07, 6.45) is 2.71. The van der Waals surface area contributed by atoms with Crippen LogP contribution in [0, 0.1) is 6.92 Å². The second kappa shape index (κ2) is 7.33. The molecule has 130 valence electrons. The summed E-state index contributed by atoms with van der Waals surface area (Å²) in [6.45, 7) is 2.39. The van der Waals surface area contributed by atoms with Crippen molar-refractivity contribution in [2.75, 3.05) is 13.1 Å². The number of carbonyl (C=O) groups excluding carboxylic acids is 1. The zero-order valence-electron chi connectivity index (χ0n) is 14.2. The van der Waals surface area contributed by atoms with E-state index in [1.807, 2.05) is 37.3 Å². The Morgan fingerprint density at radius 2 is 1.68 bits per heavy atom. The highest BCUT2D eigenvalue weighted by atomic mass is 32.2. The van der Waals surface area contributed by atoms with Crippen molar-refractivity contribution < 1.29 is 13.2 Å². The summed E-state index contributed by atoms with van der Waals surface area (Å²) in [5.41, 5.74) is 2.45. The monoisotopic (exact) mass is 355 g/mol. The molecule has 0 amide bonds. The van der Waals surface area contributed by atoms with Gasteiger partial charge in [0.05, 0.1) is 4.90 Å². The van der Waals surface area contributed by atoms with E-state index in [2.05, 4.69) is 0 Å². The maximum absolute atomic E-state index is 12.9. The second-order valence-corrected chi connectivity index (χ2v) is 8.20. The van der Waals surface area contributed by atoms with E-state index in [0.717, 1.165) is 11.1 Å². The molecule has 0 atom stereocenters. The Labute approximate surface area is 148 Å². The molecule has 1 heterocycles. The first kappa shape index (κ1) is 17.6. The third kappa shape index (κ3) is 4.06. The van der Waals surface area contributed by atoms with Gasteiger partial charge in [-0.1, -0.05) is 48.0 Å². The Morgan fingerprint density at radius 3 is 2.36 bits per heavy atom. The van der Waals surface area contributed by atoms with E-state index in [1.54, 1.807) is 30.3 Å². The molecule has 1 aliphatic heterocycles. The number of rotatable bonds is 3. The molecule has 0 unspecified atom stereocenters. The molecular weight excluding hydrogens is 334 g/mol. The average molecular weight is 355 g/mol. The summed E-state index contributed by atoms with van der Waals surface area (Å²) < 4.78 is 27.3. The fraction of sp³-hybridized carbons (Fsp3) is 0.250. The molecule has 0 N–H and O–H groups in total. The van der Waals surface area contributed by atoms with E-state index in [4.69, 9.17) is 0 Å². The lowest BCUT2D eigenvalue weighted by atomic mass is 10.1. The Morgan fingerprint density at radius 1 is 1.00 bits per heavy atom. The Balaban J connectivity index is 1.93. The number of benzene rings is 2. The number of aryl methyl sites for hydroxylation is 1.